The second kappa shape index (κ2) is 9.69. The molecule has 1 saturated carbocycles. The van der Waals surface area contributed by atoms with Crippen molar-refractivity contribution in [2.45, 2.75) is 64.8 Å². The Morgan fingerprint density at radius 2 is 2.00 bits per heavy atom. The zero-order valence-corrected chi connectivity index (χ0v) is 18.1. The predicted octanol–water partition coefficient (Wildman–Crippen LogP) is 4.06. The summed E-state index contributed by atoms with van der Waals surface area (Å²) < 4.78 is 38.9. The molecular formula is C23H34F3N3O. The Morgan fingerprint density at radius 1 is 1.23 bits per heavy atom. The number of benzene rings is 1. The van der Waals surface area contributed by atoms with Gasteiger partial charge in [0.15, 0.2) is 0 Å². The minimum Gasteiger partial charge on any atom is -0.352 e. The Balaban J connectivity index is 1.58. The maximum atomic E-state index is 13.0. The van der Waals surface area contributed by atoms with Gasteiger partial charge >= 0.3 is 6.18 Å². The predicted molar refractivity (Wildman–Crippen MR) is 112 cm³/mol. The van der Waals surface area contributed by atoms with Gasteiger partial charge in [-0.2, -0.15) is 13.2 Å². The van der Waals surface area contributed by atoms with Gasteiger partial charge in [0.2, 0.25) is 5.91 Å². The van der Waals surface area contributed by atoms with Gasteiger partial charge < -0.3 is 10.6 Å². The number of likely N-dealkylation sites (tertiary alicyclic amines) is 1. The number of rotatable bonds is 8. The van der Waals surface area contributed by atoms with Crippen molar-refractivity contribution in [1.82, 2.24) is 15.5 Å². The highest BCUT2D eigenvalue weighted by Gasteiger charge is 2.43. The first-order valence-corrected chi connectivity index (χ1v) is 11.1. The highest BCUT2D eigenvalue weighted by molar-refractivity contribution is 5.82. The molecule has 2 fully saturated rings. The Labute approximate surface area is 177 Å². The molecule has 1 aromatic carbocycles. The van der Waals surface area contributed by atoms with Crippen LogP contribution in [0.2, 0.25) is 0 Å². The summed E-state index contributed by atoms with van der Waals surface area (Å²) in [5.41, 5.74) is 0.0960. The summed E-state index contributed by atoms with van der Waals surface area (Å²) in [5.74, 6) is 1.39. The molecule has 1 amide bonds. The van der Waals surface area contributed by atoms with Crippen LogP contribution in [0.3, 0.4) is 0 Å². The average molecular weight is 426 g/mol. The summed E-state index contributed by atoms with van der Waals surface area (Å²) in [6.07, 6.45) is -1.46. The van der Waals surface area contributed by atoms with Crippen LogP contribution in [-0.4, -0.2) is 42.5 Å². The van der Waals surface area contributed by atoms with Crippen LogP contribution in [0, 0.1) is 17.8 Å². The van der Waals surface area contributed by atoms with E-state index in [0.717, 1.165) is 45.0 Å². The molecule has 0 aromatic heterocycles. The highest BCUT2D eigenvalue weighted by Crippen LogP contribution is 2.39. The molecule has 2 N–H and O–H groups in total. The molecular weight excluding hydrogens is 391 g/mol. The molecule has 0 unspecified atom stereocenters. The first-order valence-electron chi connectivity index (χ1n) is 11.1. The van der Waals surface area contributed by atoms with E-state index in [9.17, 15) is 18.0 Å². The van der Waals surface area contributed by atoms with Gasteiger partial charge in [0.25, 0.3) is 0 Å². The lowest BCUT2D eigenvalue weighted by molar-refractivity contribution is -0.137. The van der Waals surface area contributed by atoms with E-state index in [4.69, 9.17) is 0 Å². The molecule has 30 heavy (non-hydrogen) atoms. The summed E-state index contributed by atoms with van der Waals surface area (Å²) >= 11 is 0. The van der Waals surface area contributed by atoms with Crippen molar-refractivity contribution in [3.63, 3.8) is 0 Å². The zero-order chi connectivity index (χ0) is 21.9. The molecule has 1 aromatic rings. The number of hydrogen-bond acceptors (Lipinski definition) is 3. The van der Waals surface area contributed by atoms with Gasteiger partial charge in [-0.3, -0.25) is 9.69 Å². The normalized spacial score (nSPS) is 25.5. The Kier molecular flexibility index (Phi) is 7.45. The van der Waals surface area contributed by atoms with E-state index in [1.54, 1.807) is 6.07 Å². The third kappa shape index (κ3) is 5.76. The van der Waals surface area contributed by atoms with E-state index in [1.165, 1.54) is 12.1 Å². The highest BCUT2D eigenvalue weighted by atomic mass is 19.4. The third-order valence-corrected chi connectivity index (χ3v) is 6.39. The van der Waals surface area contributed by atoms with Crippen molar-refractivity contribution in [3.05, 3.63) is 35.4 Å². The quantitative estimate of drug-likeness (QED) is 0.660. The van der Waals surface area contributed by atoms with Gasteiger partial charge in [-0.15, -0.1) is 0 Å². The van der Waals surface area contributed by atoms with Gasteiger partial charge in [-0.05, 0) is 55.2 Å². The molecule has 7 heteroatoms. The molecule has 4 atom stereocenters. The average Bonchev–Trinajstić information content (AvgIpc) is 3.22. The van der Waals surface area contributed by atoms with Crippen molar-refractivity contribution in [3.8, 4) is 0 Å². The van der Waals surface area contributed by atoms with Crippen LogP contribution < -0.4 is 10.6 Å². The lowest BCUT2D eigenvalue weighted by Gasteiger charge is -2.25. The maximum Gasteiger partial charge on any atom is 0.416 e. The molecule has 1 aliphatic heterocycles. The molecule has 0 radical (unpaired) electrons. The van der Waals surface area contributed by atoms with E-state index in [2.05, 4.69) is 29.4 Å². The van der Waals surface area contributed by atoms with E-state index < -0.39 is 11.7 Å². The summed E-state index contributed by atoms with van der Waals surface area (Å²) in [6, 6.07) is 5.59. The lowest BCUT2D eigenvalue weighted by atomic mass is 9.97. The molecule has 4 nitrogen and oxygen atoms in total. The van der Waals surface area contributed by atoms with Crippen molar-refractivity contribution in [1.29, 1.82) is 0 Å². The van der Waals surface area contributed by atoms with Crippen LogP contribution in [0.1, 0.15) is 51.2 Å². The Hall–Kier alpha value is -1.60. The fraction of sp³-hybridized carbons (Fsp3) is 0.696. The van der Waals surface area contributed by atoms with Gasteiger partial charge in [0, 0.05) is 25.7 Å². The minimum atomic E-state index is -4.31. The number of carbonyl (C=O) groups excluding carboxylic acids is 1. The fourth-order valence-electron chi connectivity index (χ4n) is 5.05. The number of halogens is 3. The second-order valence-corrected chi connectivity index (χ2v) is 9.25. The molecule has 3 rings (SSSR count). The number of nitrogens with one attached hydrogen (secondary N) is 2. The summed E-state index contributed by atoms with van der Waals surface area (Å²) in [6.45, 7) is 9.22. The molecule has 2 aliphatic rings. The number of fused-ring (bicyclic) bond motifs is 1. The number of likely N-dealkylation sites (N-methyl/N-ethyl adjacent to an activating group) is 1. The van der Waals surface area contributed by atoms with E-state index in [1.807, 2.05) is 6.92 Å². The van der Waals surface area contributed by atoms with Crippen LogP contribution in [0.5, 0.6) is 0 Å². The van der Waals surface area contributed by atoms with Crippen LogP contribution in [0.4, 0.5) is 13.2 Å². The van der Waals surface area contributed by atoms with E-state index in [0.29, 0.717) is 29.9 Å². The molecule has 1 heterocycles. The lowest BCUT2D eigenvalue weighted by Crippen LogP contribution is -2.49. The monoisotopic (exact) mass is 425 g/mol. The Morgan fingerprint density at radius 3 is 2.67 bits per heavy atom. The van der Waals surface area contributed by atoms with Crippen molar-refractivity contribution in [2.75, 3.05) is 19.6 Å². The molecule has 0 spiro atoms. The van der Waals surface area contributed by atoms with E-state index >= 15 is 0 Å². The van der Waals surface area contributed by atoms with Crippen molar-refractivity contribution < 1.29 is 18.0 Å². The molecule has 1 saturated heterocycles. The maximum absolute atomic E-state index is 13.0. The standard InChI is InChI=1S/C23H34F3N3O/c1-4-27-21(10-15(2)3)22(30)28-20-9-8-17-13-29(14-19(17)20)12-16-6-5-7-18(11-16)23(24,25)26/h5-7,11,15,17,19-21,27H,4,8-10,12-14H2,1-3H3,(H,28,30)/t17-,19+,20+,21+/m1/s1. The molecule has 0 bridgehead atoms. The smallest absolute Gasteiger partial charge is 0.352 e. The minimum absolute atomic E-state index is 0.0764. The van der Waals surface area contributed by atoms with Gasteiger partial charge in [-0.1, -0.05) is 39.0 Å². The van der Waals surface area contributed by atoms with Gasteiger partial charge in [-0.25, -0.2) is 0 Å². The summed E-state index contributed by atoms with van der Waals surface area (Å²) in [5, 5.41) is 6.57. The second-order valence-electron chi connectivity index (χ2n) is 9.25. The number of carbonyl (C=O) groups is 1. The summed E-state index contributed by atoms with van der Waals surface area (Å²) in [7, 11) is 0. The van der Waals surface area contributed by atoms with Crippen molar-refractivity contribution in [2.24, 2.45) is 17.8 Å². The third-order valence-electron chi connectivity index (χ3n) is 6.39. The van der Waals surface area contributed by atoms with Gasteiger partial charge in [0.1, 0.15) is 0 Å². The van der Waals surface area contributed by atoms with Crippen LogP contribution in [0.25, 0.3) is 0 Å². The first-order chi connectivity index (χ1) is 14.2. The topological polar surface area (TPSA) is 44.4 Å². The number of hydrogen-bond donors (Lipinski definition) is 2. The van der Waals surface area contributed by atoms with Crippen LogP contribution in [-0.2, 0) is 17.5 Å². The summed E-state index contributed by atoms with van der Waals surface area (Å²) in [4.78, 5) is 15.1. The Bertz CT molecular complexity index is 722. The largest absolute Gasteiger partial charge is 0.416 e. The number of alkyl halides is 3. The van der Waals surface area contributed by atoms with Gasteiger partial charge in [0.05, 0.1) is 11.6 Å². The van der Waals surface area contributed by atoms with Crippen LogP contribution in [0.15, 0.2) is 24.3 Å². The first kappa shape index (κ1) is 23.1. The number of nitrogens with zero attached hydrogens (tertiary/aromatic N) is 1. The molecule has 168 valence electrons. The SMILES string of the molecule is CCN[C@@H](CC(C)C)C(=O)N[C@H]1CC[C@@H]2CN(Cc3cccc(C(F)(F)F)c3)C[C@@H]21. The number of amides is 1. The fourth-order valence-corrected chi connectivity index (χ4v) is 5.05. The van der Waals surface area contributed by atoms with Crippen molar-refractivity contribution >= 4 is 5.91 Å². The van der Waals surface area contributed by atoms with E-state index in [-0.39, 0.29) is 18.0 Å². The zero-order valence-electron chi connectivity index (χ0n) is 18.1. The molecule has 1 aliphatic carbocycles. The van der Waals surface area contributed by atoms with Crippen LogP contribution >= 0.6 is 0 Å².